The van der Waals surface area contributed by atoms with Gasteiger partial charge in [-0.3, -0.25) is 0 Å². The summed E-state index contributed by atoms with van der Waals surface area (Å²) < 4.78 is 1.17. The summed E-state index contributed by atoms with van der Waals surface area (Å²) in [6.45, 7) is 2.33. The molecule has 4 rings (SSSR count). The summed E-state index contributed by atoms with van der Waals surface area (Å²) in [4.78, 5) is 3.84. The highest BCUT2D eigenvalue weighted by Gasteiger charge is 2.23. The molecule has 1 nitrogen and oxygen atoms in total. The second-order valence-corrected chi connectivity index (χ2v) is 8.30. The second-order valence-electron chi connectivity index (χ2n) is 6.37. The van der Waals surface area contributed by atoms with E-state index in [9.17, 15) is 0 Å². The number of halogens is 1. The molecule has 0 aliphatic carbocycles. The van der Waals surface area contributed by atoms with Crippen LogP contribution in [0.25, 0.3) is 5.57 Å². The lowest BCUT2D eigenvalue weighted by Gasteiger charge is -2.27. The molecule has 2 aliphatic rings. The average molecular weight is 386 g/mol. The molecule has 0 unspecified atom stereocenters. The molecule has 2 aromatic carbocycles. The van der Waals surface area contributed by atoms with Crippen LogP contribution in [0.4, 0.5) is 0 Å². The van der Waals surface area contributed by atoms with Crippen LogP contribution in [-0.2, 0) is 5.75 Å². The fourth-order valence-corrected chi connectivity index (χ4v) is 4.94. The van der Waals surface area contributed by atoms with E-state index >= 15 is 0 Å². The first-order valence-electron chi connectivity index (χ1n) is 8.14. The van der Waals surface area contributed by atoms with Crippen LogP contribution in [-0.4, -0.2) is 25.0 Å². The maximum Gasteiger partial charge on any atom is 0.0238 e. The fourth-order valence-electron chi connectivity index (χ4n) is 3.53. The Bertz CT molecular complexity index is 771. The zero-order chi connectivity index (χ0) is 15.8. The first-order valence-corrected chi connectivity index (χ1v) is 9.92. The molecular formula is C20H20BrNS. The lowest BCUT2D eigenvalue weighted by atomic mass is 9.86. The molecule has 1 fully saturated rings. The molecule has 0 saturated carbocycles. The van der Waals surface area contributed by atoms with E-state index in [2.05, 4.69) is 70.3 Å². The van der Waals surface area contributed by atoms with Crippen LogP contribution in [0.2, 0.25) is 0 Å². The minimum Gasteiger partial charge on any atom is -0.306 e. The molecule has 0 atom stereocenters. The monoisotopic (exact) mass is 385 g/mol. The van der Waals surface area contributed by atoms with E-state index in [-0.39, 0.29) is 0 Å². The number of benzene rings is 2. The van der Waals surface area contributed by atoms with E-state index in [4.69, 9.17) is 0 Å². The van der Waals surface area contributed by atoms with Crippen LogP contribution in [0.5, 0.6) is 0 Å². The van der Waals surface area contributed by atoms with Gasteiger partial charge in [0.05, 0.1) is 0 Å². The summed E-state index contributed by atoms with van der Waals surface area (Å²) in [5.41, 5.74) is 7.43. The molecule has 0 radical (unpaired) electrons. The Balaban J connectivity index is 1.95. The average Bonchev–Trinajstić information content (AvgIpc) is 2.72. The van der Waals surface area contributed by atoms with Crippen molar-refractivity contribution < 1.29 is 0 Å². The van der Waals surface area contributed by atoms with Gasteiger partial charge in [0.2, 0.25) is 0 Å². The third-order valence-electron chi connectivity index (χ3n) is 4.82. The number of rotatable bonds is 0. The van der Waals surface area contributed by atoms with E-state index in [1.165, 1.54) is 44.5 Å². The number of fused-ring (bicyclic) bond motifs is 2. The summed E-state index contributed by atoms with van der Waals surface area (Å²) in [5.74, 6) is 1.06. The van der Waals surface area contributed by atoms with Crippen molar-refractivity contribution in [2.75, 3.05) is 20.1 Å². The lowest BCUT2D eigenvalue weighted by Crippen LogP contribution is -2.27. The lowest BCUT2D eigenvalue weighted by molar-refractivity contribution is 0.313. The van der Waals surface area contributed by atoms with Gasteiger partial charge in [0.25, 0.3) is 0 Å². The SMILES string of the molecule is CN1CCC(=C2c3ccccc3CSc3ccc(Br)cc32)CC1. The Hall–Kier alpha value is -1.03. The summed E-state index contributed by atoms with van der Waals surface area (Å²) in [6, 6.07) is 15.7. The Morgan fingerprint density at radius 2 is 1.78 bits per heavy atom. The van der Waals surface area contributed by atoms with Crippen molar-refractivity contribution in [3.8, 4) is 0 Å². The molecule has 2 heterocycles. The minimum atomic E-state index is 1.06. The normalized spacial score (nSPS) is 18.3. The first kappa shape index (κ1) is 15.5. The molecule has 0 spiro atoms. The fraction of sp³-hybridized carbons (Fsp3) is 0.300. The predicted octanol–water partition coefficient (Wildman–Crippen LogP) is 5.58. The van der Waals surface area contributed by atoms with Gasteiger partial charge in [-0.1, -0.05) is 45.8 Å². The highest BCUT2D eigenvalue weighted by molar-refractivity contribution is 9.10. The molecule has 3 heteroatoms. The zero-order valence-electron chi connectivity index (χ0n) is 13.3. The molecular weight excluding hydrogens is 366 g/mol. The predicted molar refractivity (Wildman–Crippen MR) is 103 cm³/mol. The van der Waals surface area contributed by atoms with Crippen LogP contribution in [0, 0.1) is 0 Å². The number of likely N-dealkylation sites (tertiary alicyclic amines) is 1. The van der Waals surface area contributed by atoms with Crippen LogP contribution in [0.15, 0.2) is 57.4 Å². The van der Waals surface area contributed by atoms with E-state index in [1.54, 1.807) is 5.57 Å². The third-order valence-corrected chi connectivity index (χ3v) is 6.44. The molecule has 0 N–H and O–H groups in total. The number of nitrogens with zero attached hydrogens (tertiary/aromatic N) is 1. The maximum absolute atomic E-state index is 3.68. The van der Waals surface area contributed by atoms with Crippen molar-refractivity contribution in [3.63, 3.8) is 0 Å². The largest absolute Gasteiger partial charge is 0.306 e. The Kier molecular flexibility index (Phi) is 4.35. The van der Waals surface area contributed by atoms with Gasteiger partial charge in [-0.15, -0.1) is 11.8 Å². The van der Waals surface area contributed by atoms with E-state index in [0.29, 0.717) is 0 Å². The van der Waals surface area contributed by atoms with Gasteiger partial charge in [-0.25, -0.2) is 0 Å². The standard InChI is InChI=1S/C20H20BrNS/c1-22-10-8-14(9-11-22)20-17-5-3-2-4-15(17)13-23-19-7-6-16(21)12-18(19)20/h2-7,12H,8-11,13H2,1H3. The molecule has 2 aromatic rings. The first-order chi connectivity index (χ1) is 11.2. The van der Waals surface area contributed by atoms with Crippen molar-refractivity contribution in [2.45, 2.75) is 23.5 Å². The molecule has 23 heavy (non-hydrogen) atoms. The van der Waals surface area contributed by atoms with Gasteiger partial charge in [0.15, 0.2) is 0 Å². The summed E-state index contributed by atoms with van der Waals surface area (Å²) in [7, 11) is 2.23. The quantitative estimate of drug-likeness (QED) is 0.581. The number of hydrogen-bond acceptors (Lipinski definition) is 2. The maximum atomic E-state index is 3.68. The number of piperidine rings is 1. The van der Waals surface area contributed by atoms with Gasteiger partial charge in [0, 0.05) is 28.2 Å². The molecule has 118 valence electrons. The van der Waals surface area contributed by atoms with Gasteiger partial charge in [-0.2, -0.15) is 0 Å². The minimum absolute atomic E-state index is 1.06. The smallest absolute Gasteiger partial charge is 0.0238 e. The Morgan fingerprint density at radius 1 is 1.00 bits per heavy atom. The Labute approximate surface area is 150 Å². The number of hydrogen-bond donors (Lipinski definition) is 0. The van der Waals surface area contributed by atoms with Crippen molar-refractivity contribution in [3.05, 3.63) is 69.2 Å². The zero-order valence-corrected chi connectivity index (χ0v) is 15.7. The van der Waals surface area contributed by atoms with Crippen molar-refractivity contribution in [1.82, 2.24) is 4.90 Å². The number of thioether (sulfide) groups is 1. The van der Waals surface area contributed by atoms with Crippen molar-refractivity contribution in [1.29, 1.82) is 0 Å². The van der Waals surface area contributed by atoms with Gasteiger partial charge >= 0.3 is 0 Å². The summed E-state index contributed by atoms with van der Waals surface area (Å²) in [6.07, 6.45) is 2.35. The summed E-state index contributed by atoms with van der Waals surface area (Å²) >= 11 is 5.64. The van der Waals surface area contributed by atoms with Gasteiger partial charge in [0.1, 0.15) is 0 Å². The van der Waals surface area contributed by atoms with Crippen molar-refractivity contribution >= 4 is 33.3 Å². The van der Waals surface area contributed by atoms with Crippen LogP contribution < -0.4 is 0 Å². The highest BCUT2D eigenvalue weighted by Crippen LogP contribution is 2.43. The second kappa shape index (κ2) is 6.46. The highest BCUT2D eigenvalue weighted by atomic mass is 79.9. The van der Waals surface area contributed by atoms with E-state index in [1.807, 2.05) is 11.8 Å². The van der Waals surface area contributed by atoms with Crippen LogP contribution in [0.1, 0.15) is 29.5 Å². The van der Waals surface area contributed by atoms with Crippen molar-refractivity contribution in [2.24, 2.45) is 0 Å². The van der Waals surface area contributed by atoms with Gasteiger partial charge < -0.3 is 4.90 Å². The van der Waals surface area contributed by atoms with Crippen LogP contribution >= 0.6 is 27.7 Å². The topological polar surface area (TPSA) is 3.24 Å². The summed E-state index contributed by atoms with van der Waals surface area (Å²) in [5, 5.41) is 0. The van der Waals surface area contributed by atoms with E-state index in [0.717, 1.165) is 18.8 Å². The molecule has 0 amide bonds. The van der Waals surface area contributed by atoms with Gasteiger partial charge in [-0.05, 0) is 60.4 Å². The molecule has 0 aromatic heterocycles. The van der Waals surface area contributed by atoms with E-state index < -0.39 is 0 Å². The molecule has 1 saturated heterocycles. The van der Waals surface area contributed by atoms with Crippen LogP contribution in [0.3, 0.4) is 0 Å². The Morgan fingerprint density at radius 3 is 2.61 bits per heavy atom. The third kappa shape index (κ3) is 3.02. The molecule has 2 aliphatic heterocycles. The molecule has 0 bridgehead atoms.